The molecule has 3 nitrogen and oxygen atoms in total. The summed E-state index contributed by atoms with van der Waals surface area (Å²) in [7, 11) is 0. The smallest absolute Gasteiger partial charge is 0.243 e. The molecule has 2 aromatic rings. The van der Waals surface area contributed by atoms with Crippen molar-refractivity contribution < 1.29 is 4.79 Å². The van der Waals surface area contributed by atoms with Crippen LogP contribution in [0.1, 0.15) is 23.1 Å². The van der Waals surface area contributed by atoms with Crippen molar-refractivity contribution in [2.75, 3.05) is 23.3 Å². The van der Waals surface area contributed by atoms with Gasteiger partial charge in [-0.05, 0) is 55.5 Å². The number of carbonyl (C=O) groups excluding carboxylic acids is 1. The molecule has 1 aliphatic heterocycles. The lowest BCUT2D eigenvalue weighted by atomic mass is 10.0. The number of benzene rings is 2. The maximum Gasteiger partial charge on any atom is 0.243 e. The number of amides is 1. The van der Waals surface area contributed by atoms with Gasteiger partial charge in [0.2, 0.25) is 5.91 Å². The number of rotatable bonds is 3. The summed E-state index contributed by atoms with van der Waals surface area (Å²) in [4.78, 5) is 14.6. The molecule has 0 fully saturated rings. The van der Waals surface area contributed by atoms with Crippen molar-refractivity contribution in [3.63, 3.8) is 0 Å². The van der Waals surface area contributed by atoms with Crippen LogP contribution in [-0.4, -0.2) is 19.0 Å². The number of para-hydroxylation sites is 1. The van der Waals surface area contributed by atoms with Crippen molar-refractivity contribution in [3.05, 3.63) is 59.2 Å². The van der Waals surface area contributed by atoms with E-state index in [1.54, 1.807) is 0 Å². The highest BCUT2D eigenvalue weighted by Crippen LogP contribution is 2.26. The van der Waals surface area contributed by atoms with E-state index in [-0.39, 0.29) is 5.91 Å². The molecule has 0 aliphatic carbocycles. The molecule has 22 heavy (non-hydrogen) atoms. The molecule has 0 atom stereocenters. The number of fused-ring (bicyclic) bond motifs is 1. The Bertz CT molecular complexity index is 694. The number of aryl methyl sites for hydroxylation is 2. The summed E-state index contributed by atoms with van der Waals surface area (Å²) in [6, 6.07) is 14.4. The molecule has 0 saturated carbocycles. The van der Waals surface area contributed by atoms with Crippen LogP contribution < -0.4 is 10.2 Å². The SMILES string of the molecule is Cc1cccc(NC(=O)CN2CCCc3ccccc32)c1C. The number of hydrogen-bond acceptors (Lipinski definition) is 2. The zero-order valence-electron chi connectivity index (χ0n) is 13.2. The summed E-state index contributed by atoms with van der Waals surface area (Å²) in [5.74, 6) is 0.0467. The second kappa shape index (κ2) is 6.22. The van der Waals surface area contributed by atoms with Crippen molar-refractivity contribution in [1.82, 2.24) is 0 Å². The van der Waals surface area contributed by atoms with Crippen LogP contribution in [0.4, 0.5) is 11.4 Å². The Hall–Kier alpha value is -2.29. The molecule has 0 spiro atoms. The van der Waals surface area contributed by atoms with Crippen LogP contribution in [0.5, 0.6) is 0 Å². The molecule has 0 bridgehead atoms. The largest absolute Gasteiger partial charge is 0.362 e. The van der Waals surface area contributed by atoms with Gasteiger partial charge in [0.15, 0.2) is 0 Å². The Labute approximate surface area is 132 Å². The van der Waals surface area contributed by atoms with Crippen LogP contribution >= 0.6 is 0 Å². The number of anilines is 2. The van der Waals surface area contributed by atoms with E-state index in [1.807, 2.05) is 25.1 Å². The van der Waals surface area contributed by atoms with Gasteiger partial charge in [0, 0.05) is 17.9 Å². The normalized spacial score (nSPS) is 13.6. The van der Waals surface area contributed by atoms with Gasteiger partial charge in [-0.15, -0.1) is 0 Å². The zero-order valence-corrected chi connectivity index (χ0v) is 13.2. The molecule has 3 rings (SSSR count). The van der Waals surface area contributed by atoms with Crippen LogP contribution in [0, 0.1) is 13.8 Å². The highest BCUT2D eigenvalue weighted by atomic mass is 16.2. The summed E-state index contributed by atoms with van der Waals surface area (Å²) in [6.07, 6.45) is 2.21. The molecule has 1 heterocycles. The first-order valence-corrected chi connectivity index (χ1v) is 7.84. The quantitative estimate of drug-likeness (QED) is 0.936. The van der Waals surface area contributed by atoms with Gasteiger partial charge in [0.1, 0.15) is 0 Å². The number of nitrogens with zero attached hydrogens (tertiary/aromatic N) is 1. The lowest BCUT2D eigenvalue weighted by molar-refractivity contribution is -0.115. The van der Waals surface area contributed by atoms with Gasteiger partial charge in [0.25, 0.3) is 0 Å². The molecule has 3 heteroatoms. The minimum absolute atomic E-state index is 0.0467. The molecular weight excluding hydrogens is 272 g/mol. The van der Waals surface area contributed by atoms with Crippen molar-refractivity contribution in [2.45, 2.75) is 26.7 Å². The van der Waals surface area contributed by atoms with Crippen molar-refractivity contribution in [3.8, 4) is 0 Å². The van der Waals surface area contributed by atoms with Gasteiger partial charge in [0.05, 0.1) is 6.54 Å². The molecule has 0 aromatic heterocycles. The molecule has 0 unspecified atom stereocenters. The van der Waals surface area contributed by atoms with Gasteiger partial charge < -0.3 is 10.2 Å². The van der Waals surface area contributed by atoms with E-state index in [2.05, 4.69) is 41.4 Å². The van der Waals surface area contributed by atoms with Gasteiger partial charge in [-0.3, -0.25) is 4.79 Å². The predicted molar refractivity (Wildman–Crippen MR) is 91.5 cm³/mol. The average Bonchev–Trinajstić information content (AvgIpc) is 2.52. The molecule has 1 N–H and O–H groups in total. The highest BCUT2D eigenvalue weighted by molar-refractivity contribution is 5.95. The van der Waals surface area contributed by atoms with Crippen molar-refractivity contribution >= 4 is 17.3 Å². The second-order valence-corrected chi connectivity index (χ2v) is 5.95. The van der Waals surface area contributed by atoms with Gasteiger partial charge >= 0.3 is 0 Å². The van der Waals surface area contributed by atoms with Crippen LogP contribution in [0.2, 0.25) is 0 Å². The van der Waals surface area contributed by atoms with E-state index in [0.717, 1.165) is 30.6 Å². The van der Waals surface area contributed by atoms with Crippen molar-refractivity contribution in [1.29, 1.82) is 0 Å². The summed E-state index contributed by atoms with van der Waals surface area (Å²) >= 11 is 0. The van der Waals surface area contributed by atoms with E-state index >= 15 is 0 Å². The monoisotopic (exact) mass is 294 g/mol. The Morgan fingerprint density at radius 1 is 1.14 bits per heavy atom. The Morgan fingerprint density at radius 3 is 2.82 bits per heavy atom. The van der Waals surface area contributed by atoms with Crippen LogP contribution in [0.25, 0.3) is 0 Å². The predicted octanol–water partition coefficient (Wildman–Crippen LogP) is 3.69. The van der Waals surface area contributed by atoms with Crippen LogP contribution in [0.15, 0.2) is 42.5 Å². The Balaban J connectivity index is 1.72. The Kier molecular flexibility index (Phi) is 4.14. The second-order valence-electron chi connectivity index (χ2n) is 5.95. The summed E-state index contributed by atoms with van der Waals surface area (Å²) < 4.78 is 0. The molecule has 2 aromatic carbocycles. The standard InChI is InChI=1S/C19H22N2O/c1-14-7-5-10-17(15(14)2)20-19(22)13-21-12-6-9-16-8-3-4-11-18(16)21/h3-5,7-8,10-11H,6,9,12-13H2,1-2H3,(H,20,22). The maximum absolute atomic E-state index is 12.4. The zero-order chi connectivity index (χ0) is 15.5. The molecule has 0 radical (unpaired) electrons. The fraction of sp³-hybridized carbons (Fsp3) is 0.316. The number of hydrogen-bond donors (Lipinski definition) is 1. The van der Waals surface area contributed by atoms with Crippen LogP contribution in [0.3, 0.4) is 0 Å². The fourth-order valence-corrected chi connectivity index (χ4v) is 3.03. The Morgan fingerprint density at radius 2 is 1.95 bits per heavy atom. The third-order valence-electron chi connectivity index (χ3n) is 4.42. The van der Waals surface area contributed by atoms with E-state index in [0.29, 0.717) is 6.54 Å². The fourth-order valence-electron chi connectivity index (χ4n) is 3.03. The average molecular weight is 294 g/mol. The first-order chi connectivity index (χ1) is 10.6. The molecule has 1 aliphatic rings. The van der Waals surface area contributed by atoms with Gasteiger partial charge in [-0.2, -0.15) is 0 Å². The van der Waals surface area contributed by atoms with Gasteiger partial charge in [-0.1, -0.05) is 30.3 Å². The van der Waals surface area contributed by atoms with E-state index in [4.69, 9.17) is 0 Å². The third kappa shape index (κ3) is 2.98. The molecular formula is C19H22N2O. The molecule has 0 saturated heterocycles. The molecule has 1 amide bonds. The number of nitrogens with one attached hydrogen (secondary N) is 1. The summed E-state index contributed by atoms with van der Waals surface area (Å²) in [6.45, 7) is 5.45. The minimum atomic E-state index is 0.0467. The van der Waals surface area contributed by atoms with Gasteiger partial charge in [-0.25, -0.2) is 0 Å². The van der Waals surface area contributed by atoms with E-state index in [9.17, 15) is 4.79 Å². The van der Waals surface area contributed by atoms with E-state index < -0.39 is 0 Å². The topological polar surface area (TPSA) is 32.3 Å². The molecule has 114 valence electrons. The lowest BCUT2D eigenvalue weighted by Gasteiger charge is -2.30. The summed E-state index contributed by atoms with van der Waals surface area (Å²) in [5.41, 5.74) is 5.78. The first-order valence-electron chi connectivity index (χ1n) is 7.84. The minimum Gasteiger partial charge on any atom is -0.362 e. The third-order valence-corrected chi connectivity index (χ3v) is 4.42. The highest BCUT2D eigenvalue weighted by Gasteiger charge is 2.18. The maximum atomic E-state index is 12.4. The number of carbonyl (C=O) groups is 1. The van der Waals surface area contributed by atoms with E-state index in [1.165, 1.54) is 16.8 Å². The summed E-state index contributed by atoms with van der Waals surface area (Å²) in [5, 5.41) is 3.05. The van der Waals surface area contributed by atoms with Crippen molar-refractivity contribution in [2.24, 2.45) is 0 Å². The van der Waals surface area contributed by atoms with Crippen LogP contribution in [-0.2, 0) is 11.2 Å². The lowest BCUT2D eigenvalue weighted by Crippen LogP contribution is -2.36. The first kappa shape index (κ1) is 14.6.